The number of hydrogen-bond donors (Lipinski definition) is 3. The van der Waals surface area contributed by atoms with E-state index in [1.54, 1.807) is 0 Å². The number of halogens is 9. The van der Waals surface area contributed by atoms with Gasteiger partial charge in [0.1, 0.15) is 0 Å². The van der Waals surface area contributed by atoms with E-state index in [9.17, 15) is 39.5 Å². The number of carbonyl (C=O) groups is 3. The van der Waals surface area contributed by atoms with Crippen molar-refractivity contribution in [1.82, 2.24) is 0 Å². The third-order valence-electron chi connectivity index (χ3n) is 0.728. The van der Waals surface area contributed by atoms with E-state index in [1.807, 2.05) is 0 Å². The molecule has 22 heavy (non-hydrogen) atoms. The molecule has 3 N–H and O–H groups in total. The smallest absolute Gasteiger partial charge is 0.475 e. The van der Waals surface area contributed by atoms with Crippen LogP contribution < -0.4 is 0 Å². The second kappa shape index (κ2) is 10.7. The Kier molecular flexibility index (Phi) is 14.1. The summed E-state index contributed by atoms with van der Waals surface area (Å²) in [6, 6.07) is 0. The molecule has 139 valence electrons. The summed E-state index contributed by atoms with van der Waals surface area (Å²) in [5.74, 6) is -8.27. The Balaban J connectivity index is -0.000000108. The van der Waals surface area contributed by atoms with Crippen molar-refractivity contribution in [2.24, 2.45) is 0 Å². The van der Waals surface area contributed by atoms with Crippen LogP contribution in [0.3, 0.4) is 0 Å². The first-order valence-corrected chi connectivity index (χ1v) is 3.73. The van der Waals surface area contributed by atoms with Crippen LogP contribution in [-0.2, 0) is 14.4 Å². The van der Waals surface area contributed by atoms with Crippen molar-refractivity contribution in [2.75, 3.05) is 0 Å². The number of aliphatic carboxylic acids is 3. The van der Waals surface area contributed by atoms with Crippen molar-refractivity contribution in [1.29, 1.82) is 0 Å². The van der Waals surface area contributed by atoms with Crippen LogP contribution in [0.15, 0.2) is 0 Å². The third-order valence-corrected chi connectivity index (χ3v) is 0.728. The Bertz CT molecular complexity index is 313. The van der Waals surface area contributed by atoms with Gasteiger partial charge < -0.3 is 15.3 Å². The summed E-state index contributed by atoms with van der Waals surface area (Å²) in [5.41, 5.74) is 0. The van der Waals surface area contributed by atoms with Gasteiger partial charge in [0.2, 0.25) is 0 Å². The quantitative estimate of drug-likeness (QED) is 0.429. The fourth-order valence-corrected chi connectivity index (χ4v) is 0. The first-order valence-electron chi connectivity index (χ1n) is 3.73. The molecule has 0 aromatic rings. The minimum Gasteiger partial charge on any atom is -0.475 e. The van der Waals surface area contributed by atoms with Gasteiger partial charge in [0.15, 0.2) is 0 Å². The van der Waals surface area contributed by atoms with Gasteiger partial charge in [-0.2, -0.15) is 39.5 Å². The molecule has 0 amide bonds. The zero-order valence-electron chi connectivity index (χ0n) is 9.25. The van der Waals surface area contributed by atoms with Gasteiger partial charge in [0.05, 0.1) is 0 Å². The van der Waals surface area contributed by atoms with E-state index >= 15 is 0 Å². The average Bonchev–Trinajstić information content (AvgIpc) is 2.14. The molecule has 0 fully saturated rings. The molecule has 6 nitrogen and oxygen atoms in total. The van der Waals surface area contributed by atoms with Gasteiger partial charge in [-0.3, -0.25) is 0 Å². The Labute approximate surface area is 142 Å². The fraction of sp³-hybridized carbons (Fsp3) is 0.500. The third kappa shape index (κ3) is 21.3. The molecule has 0 aliphatic rings. The van der Waals surface area contributed by atoms with Gasteiger partial charge in [-0.1, -0.05) is 0 Å². The summed E-state index contributed by atoms with van der Waals surface area (Å²) in [6.07, 6.45) is -15.3. The van der Waals surface area contributed by atoms with E-state index in [-0.39, 0.29) is 36.9 Å². The molecule has 0 atom stereocenters. The zero-order valence-corrected chi connectivity index (χ0v) is 11.0. The van der Waals surface area contributed by atoms with E-state index in [0.717, 1.165) is 0 Å². The Morgan fingerprint density at radius 1 is 0.500 bits per heavy atom. The van der Waals surface area contributed by atoms with Crippen LogP contribution >= 0.6 is 0 Å². The van der Waals surface area contributed by atoms with Crippen LogP contribution in [0, 0.1) is 36.9 Å². The summed E-state index contributed by atoms with van der Waals surface area (Å²) in [6.45, 7) is 0. The van der Waals surface area contributed by atoms with Crippen LogP contribution in [0.25, 0.3) is 0 Å². The predicted molar refractivity (Wildman–Crippen MR) is 41.1 cm³/mol. The summed E-state index contributed by atoms with van der Waals surface area (Å²) < 4.78 is 95.2. The van der Waals surface area contributed by atoms with Crippen molar-refractivity contribution < 1.29 is 106 Å². The average molecular weight is 511 g/mol. The SMILES string of the molecule is O=C(O)C(F)(F)F.O=C(O)C(F)(F)F.O=C(O)C(F)(F)F.[Tm]. The summed E-state index contributed by atoms with van der Waals surface area (Å²) in [5, 5.41) is 21.4. The van der Waals surface area contributed by atoms with Gasteiger partial charge >= 0.3 is 36.4 Å². The summed E-state index contributed by atoms with van der Waals surface area (Å²) in [4.78, 5) is 26.7. The van der Waals surface area contributed by atoms with Gasteiger partial charge in [-0.15, -0.1) is 0 Å². The van der Waals surface area contributed by atoms with Crippen LogP contribution in [-0.4, -0.2) is 51.8 Å². The molecule has 0 unspecified atom stereocenters. The predicted octanol–water partition coefficient (Wildman–Crippen LogP) is 1.90. The Morgan fingerprint density at radius 2 is 0.545 bits per heavy atom. The second-order valence-corrected chi connectivity index (χ2v) is 2.41. The molecule has 0 saturated heterocycles. The molecule has 0 aliphatic heterocycles. The molecule has 16 heteroatoms. The molecule has 0 saturated carbocycles. The zero-order chi connectivity index (χ0) is 18.2. The topological polar surface area (TPSA) is 112 Å². The van der Waals surface area contributed by atoms with Crippen molar-refractivity contribution >= 4 is 17.9 Å². The first kappa shape index (κ1) is 29.1. The van der Waals surface area contributed by atoms with E-state index in [1.165, 1.54) is 0 Å². The summed E-state index contributed by atoms with van der Waals surface area (Å²) in [7, 11) is 0. The molecule has 0 rings (SSSR count). The monoisotopic (exact) mass is 511 g/mol. The molecule has 1 radical (unpaired) electrons. The number of hydrogen-bond acceptors (Lipinski definition) is 3. The first-order chi connectivity index (χ1) is 8.83. The van der Waals surface area contributed by atoms with Crippen LogP contribution in [0.2, 0.25) is 0 Å². The van der Waals surface area contributed by atoms with E-state index in [4.69, 9.17) is 29.7 Å². The maximum atomic E-state index is 10.6. The van der Waals surface area contributed by atoms with Gasteiger partial charge in [0, 0.05) is 36.9 Å². The Morgan fingerprint density at radius 3 is 0.545 bits per heavy atom. The van der Waals surface area contributed by atoms with E-state index < -0.39 is 36.4 Å². The molecular weight excluding hydrogens is 508 g/mol. The second-order valence-electron chi connectivity index (χ2n) is 2.41. The molecule has 0 bridgehead atoms. The molecule has 0 aliphatic carbocycles. The van der Waals surface area contributed by atoms with Crippen molar-refractivity contribution in [2.45, 2.75) is 18.5 Å². The molecular formula is C6H3F9O6Tm. The largest absolute Gasteiger partial charge is 0.490 e. The molecule has 0 heterocycles. The van der Waals surface area contributed by atoms with Crippen LogP contribution in [0.4, 0.5) is 39.5 Å². The standard InChI is InChI=1S/3C2HF3O2.Tm/c3*3-2(4,5)1(6)7;/h3*(H,6,7);. The van der Waals surface area contributed by atoms with Crippen LogP contribution in [0.5, 0.6) is 0 Å². The molecule has 0 aromatic carbocycles. The normalized spacial score (nSPS) is 10.8. The minimum atomic E-state index is -5.08. The minimum absolute atomic E-state index is 0. The van der Waals surface area contributed by atoms with Gasteiger partial charge in [-0.05, 0) is 0 Å². The van der Waals surface area contributed by atoms with Crippen molar-refractivity contribution in [3.8, 4) is 0 Å². The Hall–Kier alpha value is -0.986. The van der Waals surface area contributed by atoms with Gasteiger partial charge in [0.25, 0.3) is 0 Å². The van der Waals surface area contributed by atoms with E-state index in [2.05, 4.69) is 0 Å². The van der Waals surface area contributed by atoms with Crippen molar-refractivity contribution in [3.63, 3.8) is 0 Å². The number of carboxylic acid groups (broad SMARTS) is 3. The maximum absolute atomic E-state index is 10.6. The van der Waals surface area contributed by atoms with Crippen LogP contribution in [0.1, 0.15) is 0 Å². The van der Waals surface area contributed by atoms with Crippen molar-refractivity contribution in [3.05, 3.63) is 0 Å². The van der Waals surface area contributed by atoms with Gasteiger partial charge in [-0.25, -0.2) is 14.4 Å². The number of carboxylic acids is 3. The van der Waals surface area contributed by atoms with E-state index in [0.29, 0.717) is 0 Å². The summed E-state index contributed by atoms with van der Waals surface area (Å²) >= 11 is 0. The molecule has 0 spiro atoms. The number of alkyl halides is 9. The molecule has 0 aromatic heterocycles. The fourth-order valence-electron chi connectivity index (χ4n) is 0. The number of rotatable bonds is 0. The maximum Gasteiger partial charge on any atom is 0.490 e.